The molecule has 2 amide bonds. The lowest BCUT2D eigenvalue weighted by Gasteiger charge is -2.22. The minimum absolute atomic E-state index is 0.00573. The molecule has 0 radical (unpaired) electrons. The Kier molecular flexibility index (Phi) is 6.65. The number of nitrogens with zero attached hydrogens (tertiary/aromatic N) is 1. The maximum absolute atomic E-state index is 12.8. The van der Waals surface area contributed by atoms with Crippen molar-refractivity contribution in [2.75, 3.05) is 23.9 Å². The number of rotatable bonds is 8. The fourth-order valence-electron chi connectivity index (χ4n) is 4.01. The zero-order chi connectivity index (χ0) is 23.8. The van der Waals surface area contributed by atoms with E-state index < -0.39 is 10.0 Å². The second-order valence-corrected chi connectivity index (χ2v) is 10.6. The molecule has 1 saturated carbocycles. The Morgan fingerprint density at radius 3 is 2.64 bits per heavy atom. The zero-order valence-electron chi connectivity index (χ0n) is 18.4. The van der Waals surface area contributed by atoms with Gasteiger partial charge in [-0.15, -0.1) is 0 Å². The van der Waals surface area contributed by atoms with Crippen LogP contribution in [0.3, 0.4) is 0 Å². The molecule has 1 aliphatic heterocycles. The number of carbonyl (C=O) groups is 2. The highest BCUT2D eigenvalue weighted by molar-refractivity contribution is 7.89. The largest absolute Gasteiger partial charge is 0.495 e. The van der Waals surface area contributed by atoms with Gasteiger partial charge in [-0.25, -0.2) is 13.1 Å². The molecule has 2 aromatic rings. The van der Waals surface area contributed by atoms with Crippen molar-refractivity contribution in [2.45, 2.75) is 43.5 Å². The first kappa shape index (κ1) is 23.5. The van der Waals surface area contributed by atoms with Crippen molar-refractivity contribution in [2.24, 2.45) is 5.92 Å². The molecule has 10 heteroatoms. The number of sulfonamides is 1. The number of halogens is 1. The number of ether oxygens (including phenoxy) is 1. The van der Waals surface area contributed by atoms with E-state index in [0.717, 1.165) is 24.1 Å². The van der Waals surface area contributed by atoms with Crippen LogP contribution in [0.4, 0.5) is 11.4 Å². The van der Waals surface area contributed by atoms with E-state index >= 15 is 0 Å². The van der Waals surface area contributed by atoms with E-state index in [-0.39, 0.29) is 41.6 Å². The number of carbonyl (C=O) groups excluding carboxylic acids is 2. The predicted octanol–water partition coefficient (Wildman–Crippen LogP) is 3.34. The van der Waals surface area contributed by atoms with Crippen LogP contribution in [0.1, 0.15) is 31.7 Å². The van der Waals surface area contributed by atoms with E-state index in [1.807, 2.05) is 6.92 Å². The topological polar surface area (TPSA) is 105 Å². The molecule has 1 fully saturated rings. The molecular formula is C23H26ClN3O5S. The van der Waals surface area contributed by atoms with Gasteiger partial charge in [0.1, 0.15) is 5.75 Å². The summed E-state index contributed by atoms with van der Waals surface area (Å²) in [5.41, 5.74) is 2.04. The molecule has 2 aliphatic rings. The highest BCUT2D eigenvalue weighted by Gasteiger charge is 2.39. The van der Waals surface area contributed by atoms with Crippen molar-refractivity contribution >= 4 is 44.8 Å². The second-order valence-electron chi connectivity index (χ2n) is 8.37. The van der Waals surface area contributed by atoms with Crippen LogP contribution in [0.25, 0.3) is 0 Å². The lowest BCUT2D eigenvalue weighted by atomic mass is 10.1. The molecule has 0 aromatic heterocycles. The first-order valence-electron chi connectivity index (χ1n) is 10.8. The van der Waals surface area contributed by atoms with Crippen LogP contribution >= 0.6 is 11.6 Å². The summed E-state index contributed by atoms with van der Waals surface area (Å²) in [7, 11) is -2.33. The monoisotopic (exact) mass is 491 g/mol. The predicted molar refractivity (Wildman–Crippen MR) is 126 cm³/mol. The van der Waals surface area contributed by atoms with Crippen LogP contribution in [-0.2, 0) is 26.0 Å². The molecule has 1 heterocycles. The van der Waals surface area contributed by atoms with Gasteiger partial charge in [0.15, 0.2) is 0 Å². The number of benzene rings is 2. The molecule has 0 spiro atoms. The summed E-state index contributed by atoms with van der Waals surface area (Å²) in [5.74, 6) is 0.295. The summed E-state index contributed by atoms with van der Waals surface area (Å²) in [6, 6.07) is 9.66. The Morgan fingerprint density at radius 2 is 1.94 bits per heavy atom. The highest BCUT2D eigenvalue weighted by atomic mass is 35.5. The summed E-state index contributed by atoms with van der Waals surface area (Å²) in [4.78, 5) is 26.8. The lowest BCUT2D eigenvalue weighted by Crippen LogP contribution is -2.36. The molecule has 0 bridgehead atoms. The number of methoxy groups -OCH3 is 1. The van der Waals surface area contributed by atoms with Gasteiger partial charge in [-0.3, -0.25) is 9.59 Å². The SMILES string of the molecule is COc1ccc(Cl)cc1NC(=O)CCNS(=O)(=O)c1ccc2c(c1)C[C@@H](C)N2C(=O)C1CC1. The summed E-state index contributed by atoms with van der Waals surface area (Å²) in [5, 5.41) is 3.12. The van der Waals surface area contributed by atoms with E-state index in [4.69, 9.17) is 16.3 Å². The van der Waals surface area contributed by atoms with E-state index in [1.165, 1.54) is 13.2 Å². The van der Waals surface area contributed by atoms with Crippen molar-refractivity contribution in [1.29, 1.82) is 0 Å². The van der Waals surface area contributed by atoms with Crippen LogP contribution in [0.5, 0.6) is 5.75 Å². The van der Waals surface area contributed by atoms with Crippen LogP contribution in [0, 0.1) is 5.92 Å². The third-order valence-corrected chi connectivity index (χ3v) is 7.51. The molecule has 0 unspecified atom stereocenters. The Morgan fingerprint density at radius 1 is 1.18 bits per heavy atom. The smallest absolute Gasteiger partial charge is 0.240 e. The van der Waals surface area contributed by atoms with Gasteiger partial charge in [0.2, 0.25) is 21.8 Å². The Labute approximate surface area is 198 Å². The van der Waals surface area contributed by atoms with Crippen LogP contribution in [-0.4, -0.2) is 39.9 Å². The van der Waals surface area contributed by atoms with Gasteiger partial charge in [0.25, 0.3) is 0 Å². The summed E-state index contributed by atoms with van der Waals surface area (Å²) in [6.45, 7) is 1.90. The first-order chi connectivity index (χ1) is 15.7. The average molecular weight is 492 g/mol. The standard InChI is InChI=1S/C23H26ClN3O5S/c1-14-11-16-12-18(6-7-20(16)27(14)23(29)15-3-4-15)33(30,31)25-10-9-22(28)26-19-13-17(24)5-8-21(19)32-2/h5-8,12-15,25H,3-4,9-11H2,1-2H3,(H,26,28)/t14-/m1/s1. The number of nitrogens with one attached hydrogen (secondary N) is 2. The molecule has 176 valence electrons. The molecule has 4 rings (SSSR count). The van der Waals surface area contributed by atoms with E-state index in [1.54, 1.807) is 35.2 Å². The summed E-state index contributed by atoms with van der Waals surface area (Å²) >= 11 is 5.96. The molecule has 0 saturated heterocycles. The number of amides is 2. The molecule has 1 atom stereocenters. The molecule has 1 aliphatic carbocycles. The maximum Gasteiger partial charge on any atom is 0.240 e. The fraction of sp³-hybridized carbons (Fsp3) is 0.391. The Hall–Kier alpha value is -2.62. The Bertz CT molecular complexity index is 1200. The number of anilines is 2. The molecular weight excluding hydrogens is 466 g/mol. The van der Waals surface area contributed by atoms with Crippen molar-refractivity contribution in [3.8, 4) is 5.75 Å². The van der Waals surface area contributed by atoms with Crippen molar-refractivity contribution in [1.82, 2.24) is 4.72 Å². The molecule has 8 nitrogen and oxygen atoms in total. The van der Waals surface area contributed by atoms with E-state index in [0.29, 0.717) is 22.9 Å². The lowest BCUT2D eigenvalue weighted by molar-refractivity contribution is -0.120. The summed E-state index contributed by atoms with van der Waals surface area (Å²) in [6.07, 6.45) is 2.39. The van der Waals surface area contributed by atoms with Gasteiger partial charge in [-0.1, -0.05) is 11.6 Å². The summed E-state index contributed by atoms with van der Waals surface area (Å²) < 4.78 is 33.2. The van der Waals surface area contributed by atoms with Crippen LogP contribution in [0.2, 0.25) is 5.02 Å². The van der Waals surface area contributed by atoms with Crippen molar-refractivity contribution in [3.63, 3.8) is 0 Å². The van der Waals surface area contributed by atoms with Crippen molar-refractivity contribution in [3.05, 3.63) is 47.0 Å². The van der Waals surface area contributed by atoms with Gasteiger partial charge in [-0.2, -0.15) is 0 Å². The van der Waals surface area contributed by atoms with Gasteiger partial charge >= 0.3 is 0 Å². The zero-order valence-corrected chi connectivity index (χ0v) is 20.0. The van der Waals surface area contributed by atoms with Gasteiger partial charge in [-0.05, 0) is 68.1 Å². The molecule has 2 aromatic carbocycles. The van der Waals surface area contributed by atoms with Crippen LogP contribution in [0.15, 0.2) is 41.3 Å². The Balaban J connectivity index is 1.38. The van der Waals surface area contributed by atoms with E-state index in [9.17, 15) is 18.0 Å². The van der Waals surface area contributed by atoms with Crippen LogP contribution < -0.4 is 19.7 Å². The number of hydrogen-bond donors (Lipinski definition) is 2. The number of hydrogen-bond acceptors (Lipinski definition) is 5. The third kappa shape index (κ3) is 5.15. The van der Waals surface area contributed by atoms with Crippen molar-refractivity contribution < 1.29 is 22.7 Å². The average Bonchev–Trinajstić information content (AvgIpc) is 3.55. The van der Waals surface area contributed by atoms with Gasteiger partial charge < -0.3 is 15.0 Å². The van der Waals surface area contributed by atoms with Gasteiger partial charge in [0.05, 0.1) is 17.7 Å². The highest BCUT2D eigenvalue weighted by Crippen LogP contribution is 2.39. The third-order valence-electron chi connectivity index (χ3n) is 5.82. The van der Waals surface area contributed by atoms with E-state index in [2.05, 4.69) is 10.0 Å². The fourth-order valence-corrected chi connectivity index (χ4v) is 5.26. The normalized spacial score (nSPS) is 17.5. The molecule has 2 N–H and O–H groups in total. The second kappa shape index (κ2) is 9.32. The number of fused-ring (bicyclic) bond motifs is 1. The molecule has 33 heavy (non-hydrogen) atoms. The first-order valence-corrected chi connectivity index (χ1v) is 12.6. The maximum atomic E-state index is 12.8. The quantitative estimate of drug-likeness (QED) is 0.589. The van der Waals surface area contributed by atoms with Gasteiger partial charge in [0, 0.05) is 35.6 Å². The minimum atomic E-state index is -3.81. The minimum Gasteiger partial charge on any atom is -0.495 e.